The molecule has 1 saturated heterocycles. The van der Waals surface area contributed by atoms with Crippen molar-refractivity contribution in [2.75, 3.05) is 6.66 Å². The third-order valence-corrected chi connectivity index (χ3v) is 3.78. The van der Waals surface area contributed by atoms with Crippen LogP contribution in [0.15, 0.2) is 0 Å². The summed E-state index contributed by atoms with van der Waals surface area (Å²) >= 11 is 1.20. The molecule has 6 atom stereocenters. The minimum absolute atomic E-state index is 0.706. The van der Waals surface area contributed by atoms with Crippen molar-refractivity contribution in [2.24, 2.45) is 0 Å². The van der Waals surface area contributed by atoms with Crippen LogP contribution in [0.3, 0.4) is 0 Å². The first-order valence-electron chi connectivity index (χ1n) is 4.35. The molecule has 0 aromatic carbocycles. The van der Waals surface area contributed by atoms with Gasteiger partial charge >= 0.3 is 100 Å². The van der Waals surface area contributed by atoms with Crippen LogP contribution in [0, 0.1) is 0 Å². The molecule has 2 N–H and O–H groups in total. The van der Waals surface area contributed by atoms with Crippen LogP contribution in [0.5, 0.6) is 0 Å². The Morgan fingerprint density at radius 1 is 1.67 bits per heavy atom. The van der Waals surface area contributed by atoms with E-state index in [0.29, 0.717) is 0 Å². The van der Waals surface area contributed by atoms with Crippen LogP contribution in [-0.2, 0) is 28.1 Å². The molecule has 1 aliphatic rings. The van der Waals surface area contributed by atoms with E-state index in [1.54, 1.807) is 0 Å². The van der Waals surface area contributed by atoms with E-state index < -0.39 is 36.0 Å². The molecule has 1 heterocycles. The maximum absolute atomic E-state index is 14.1. The Kier molecular flexibility index (Phi) is 4.62. The van der Waals surface area contributed by atoms with Gasteiger partial charge in [-0.3, -0.25) is 0 Å². The average molecular weight is 405 g/mol. The molecule has 15 heavy (non-hydrogen) atoms. The van der Waals surface area contributed by atoms with Crippen molar-refractivity contribution in [3.8, 4) is 0 Å². The van der Waals surface area contributed by atoms with Gasteiger partial charge in [0.15, 0.2) is 0 Å². The van der Waals surface area contributed by atoms with Gasteiger partial charge in [-0.25, -0.2) is 0 Å². The van der Waals surface area contributed by atoms with Crippen LogP contribution < -0.4 is 0 Å². The van der Waals surface area contributed by atoms with Crippen molar-refractivity contribution in [3.63, 3.8) is 0 Å². The number of hydrogen-bond donors (Lipinski definition) is 2. The molecule has 2 radical (unpaired) electrons. The van der Waals surface area contributed by atoms with Crippen LogP contribution >= 0.6 is 5.78 Å². The van der Waals surface area contributed by atoms with Gasteiger partial charge < -0.3 is 0 Å². The standard InChI is InChI=1S/C7H12BFO4P.W/c1-3(13-14-2)7(9)5(11)4(10)6(8)12-7;/h3-6,10-11H,1-2H3;/q-1;+2/t3?,4-,5+,6-,7-;/m1./s1. The van der Waals surface area contributed by atoms with Crippen LogP contribution in [0.1, 0.15) is 6.92 Å². The van der Waals surface area contributed by atoms with E-state index >= 15 is 0 Å². The van der Waals surface area contributed by atoms with E-state index in [4.69, 9.17) is 17.1 Å². The van der Waals surface area contributed by atoms with Gasteiger partial charge in [0.1, 0.15) is 0 Å². The number of aliphatic hydroxyl groups is 2. The Morgan fingerprint density at radius 3 is 2.53 bits per heavy atom. The zero-order valence-corrected chi connectivity index (χ0v) is 12.2. The summed E-state index contributed by atoms with van der Waals surface area (Å²) < 4.78 is 24.2. The molecule has 0 bridgehead atoms. The minimum atomic E-state index is -2.43. The number of halogens is 1. The fraction of sp³-hybridized carbons (Fsp3) is 1.00. The zero-order valence-electron chi connectivity index (χ0n) is 8.33. The molecule has 0 aromatic rings. The molecule has 0 amide bonds. The van der Waals surface area contributed by atoms with E-state index in [1.807, 2.05) is 6.66 Å². The van der Waals surface area contributed by atoms with E-state index in [0.717, 1.165) is 0 Å². The van der Waals surface area contributed by atoms with Gasteiger partial charge in [0, 0.05) is 0 Å². The number of aliphatic hydroxyl groups excluding tert-OH is 2. The fourth-order valence-corrected chi connectivity index (χ4v) is 3.37. The second kappa shape index (κ2) is 4.99. The zero-order chi connectivity index (χ0) is 11.8. The number of ether oxygens (including phenoxy) is 1. The van der Waals surface area contributed by atoms with Gasteiger partial charge in [0.2, 0.25) is 0 Å². The molecular weight excluding hydrogens is 393 g/mol. The molecular formula is C7H12BFO4PW+. The Hall–Kier alpha value is 0.823. The number of rotatable bonds is 3. The predicted molar refractivity (Wildman–Crippen MR) is 49.9 cm³/mol. The second-order valence-electron chi connectivity index (χ2n) is 3.40. The first-order valence-corrected chi connectivity index (χ1v) is 9.91. The Balaban J connectivity index is 2.78. The van der Waals surface area contributed by atoms with Crippen LogP contribution in [-0.4, -0.2) is 54.9 Å². The van der Waals surface area contributed by atoms with Crippen molar-refractivity contribution in [3.05, 3.63) is 0 Å². The third-order valence-electron chi connectivity index (χ3n) is 2.24. The third kappa shape index (κ3) is 2.74. The summed E-state index contributed by atoms with van der Waals surface area (Å²) in [4.78, 5) is 0. The fourth-order valence-electron chi connectivity index (χ4n) is 1.39. The van der Waals surface area contributed by atoms with Crippen molar-refractivity contribution in [1.29, 1.82) is 0 Å². The van der Waals surface area contributed by atoms with Gasteiger partial charge in [0.25, 0.3) is 0 Å². The summed E-state index contributed by atoms with van der Waals surface area (Å²) in [6.07, 6.45) is -4.05. The van der Waals surface area contributed by atoms with Crippen molar-refractivity contribution in [1.82, 2.24) is 0 Å². The molecule has 0 aromatic heterocycles. The first kappa shape index (κ1) is 13.9. The van der Waals surface area contributed by atoms with Gasteiger partial charge in [0.05, 0.1) is 0 Å². The molecule has 0 spiro atoms. The Morgan fingerprint density at radius 2 is 2.20 bits per heavy atom. The maximum atomic E-state index is 14.1. The van der Waals surface area contributed by atoms with Gasteiger partial charge in [-0.15, -0.1) is 0 Å². The average Bonchev–Trinajstić information content (AvgIpc) is 2.30. The molecule has 1 rings (SSSR count). The molecule has 84 valence electrons. The van der Waals surface area contributed by atoms with E-state index in [-0.39, 0.29) is 0 Å². The predicted octanol–water partition coefficient (Wildman–Crippen LogP) is -0.208. The summed E-state index contributed by atoms with van der Waals surface area (Å²) in [5.74, 6) is -3.13. The summed E-state index contributed by atoms with van der Waals surface area (Å²) in [6, 6.07) is -1.22. The van der Waals surface area contributed by atoms with Crippen LogP contribution in [0.25, 0.3) is 0 Å². The summed E-state index contributed by atoms with van der Waals surface area (Å²) in [5.41, 5.74) is 0. The molecule has 0 saturated carbocycles. The summed E-state index contributed by atoms with van der Waals surface area (Å²) in [5, 5.41) is 18.8. The van der Waals surface area contributed by atoms with Gasteiger partial charge in [-0.2, -0.15) is 0 Å². The topological polar surface area (TPSA) is 58.9 Å². The van der Waals surface area contributed by atoms with Crippen LogP contribution in [0.2, 0.25) is 0 Å². The number of alkyl halides is 1. The molecule has 0 aliphatic carbocycles. The van der Waals surface area contributed by atoms with Crippen LogP contribution in [0.4, 0.5) is 4.39 Å². The molecule has 2 unspecified atom stereocenters. The van der Waals surface area contributed by atoms with Crippen molar-refractivity contribution >= 4 is 13.6 Å². The molecule has 8 heteroatoms. The van der Waals surface area contributed by atoms with E-state index in [2.05, 4.69) is 0 Å². The SMILES string of the molecule is [B][C@@H]1O[C@](F)(C(C)O[P+](C)=[W])[C@@H](O)[C@H]1O. The Labute approximate surface area is 100 Å². The molecule has 1 aliphatic heterocycles. The van der Waals surface area contributed by atoms with Gasteiger partial charge in [-0.1, -0.05) is 0 Å². The normalized spacial score (nSPS) is 44.1. The molecule has 4 nitrogen and oxygen atoms in total. The van der Waals surface area contributed by atoms with E-state index in [1.165, 1.54) is 25.7 Å². The second-order valence-corrected chi connectivity index (χ2v) is 10.0. The van der Waals surface area contributed by atoms with Crippen molar-refractivity contribution < 1.29 is 42.7 Å². The molecule has 1 fully saturated rings. The Bertz CT molecular complexity index is 271. The summed E-state index contributed by atoms with van der Waals surface area (Å²) in [6.45, 7) is 3.29. The van der Waals surface area contributed by atoms with Crippen molar-refractivity contribution in [2.45, 2.75) is 37.1 Å². The number of hydrogen-bond acceptors (Lipinski definition) is 4. The van der Waals surface area contributed by atoms with Gasteiger partial charge in [-0.05, 0) is 0 Å². The quantitative estimate of drug-likeness (QED) is 0.505. The first-order chi connectivity index (χ1) is 6.79. The summed E-state index contributed by atoms with van der Waals surface area (Å²) in [7, 11) is 5.30. The monoisotopic (exact) mass is 405 g/mol. The van der Waals surface area contributed by atoms with E-state index in [9.17, 15) is 14.6 Å².